The van der Waals surface area contributed by atoms with Crippen molar-refractivity contribution in [2.75, 3.05) is 31.2 Å². The Kier molecular flexibility index (Phi) is 6.61. The first-order valence-corrected chi connectivity index (χ1v) is 10.3. The summed E-state index contributed by atoms with van der Waals surface area (Å²) in [6, 6.07) is 13.0. The Morgan fingerprint density at radius 3 is 2.34 bits per heavy atom. The topological polar surface area (TPSA) is 64.0 Å². The van der Waals surface area contributed by atoms with Gasteiger partial charge >= 0.3 is 0 Å². The Labute approximate surface area is 184 Å². The van der Waals surface area contributed by atoms with Gasteiger partial charge in [0.25, 0.3) is 0 Å². The second kappa shape index (κ2) is 9.74. The Morgan fingerprint density at radius 1 is 0.875 bits per heavy atom. The molecule has 3 aromatic heterocycles. The first kappa shape index (κ1) is 21.7. The highest BCUT2D eigenvalue weighted by Crippen LogP contribution is 2.30. The van der Waals surface area contributed by atoms with E-state index in [1.165, 1.54) is 12.1 Å². The van der Waals surface area contributed by atoms with E-state index >= 15 is 0 Å². The van der Waals surface area contributed by atoms with E-state index in [0.717, 1.165) is 17.5 Å². The van der Waals surface area contributed by atoms with Crippen LogP contribution >= 0.6 is 0 Å². The van der Waals surface area contributed by atoms with Crippen LogP contribution in [-0.2, 0) is 4.74 Å². The zero-order chi connectivity index (χ0) is 22.5. The van der Waals surface area contributed by atoms with E-state index < -0.39 is 11.6 Å². The van der Waals surface area contributed by atoms with Crippen molar-refractivity contribution < 1.29 is 13.5 Å². The van der Waals surface area contributed by atoms with Gasteiger partial charge in [0.15, 0.2) is 5.65 Å². The van der Waals surface area contributed by atoms with Gasteiger partial charge in [-0.2, -0.15) is 4.98 Å². The number of aromatic nitrogens is 4. The van der Waals surface area contributed by atoms with Gasteiger partial charge in [0, 0.05) is 47.7 Å². The predicted molar refractivity (Wildman–Crippen MR) is 119 cm³/mol. The Balaban J connectivity index is 0.000000300. The van der Waals surface area contributed by atoms with E-state index in [1.807, 2.05) is 49.1 Å². The molecule has 0 saturated carbocycles. The van der Waals surface area contributed by atoms with Gasteiger partial charge in [-0.3, -0.25) is 4.98 Å². The van der Waals surface area contributed by atoms with Gasteiger partial charge in [0.05, 0.1) is 18.9 Å². The average Bonchev–Trinajstić information content (AvgIpc) is 2.80. The second-order valence-electron chi connectivity index (χ2n) is 7.39. The maximum absolute atomic E-state index is 14.4. The first-order valence-electron chi connectivity index (χ1n) is 10.3. The molecule has 0 aliphatic carbocycles. The van der Waals surface area contributed by atoms with E-state index in [9.17, 15) is 8.78 Å². The molecule has 0 radical (unpaired) electrons. The van der Waals surface area contributed by atoms with Gasteiger partial charge in [-0.15, -0.1) is 0 Å². The molecule has 5 rings (SSSR count). The SMILES string of the molecule is Cc1ccc2c(-c3ccc(F)cc3F)nc(N3CCOCC3)nc2n1.Cc1ccccn1. The molecule has 0 amide bonds. The van der Waals surface area contributed by atoms with Crippen LogP contribution in [-0.4, -0.2) is 46.2 Å². The maximum atomic E-state index is 14.4. The number of fused-ring (bicyclic) bond motifs is 1. The molecule has 4 heterocycles. The summed E-state index contributed by atoms with van der Waals surface area (Å²) in [6.07, 6.45) is 1.79. The fourth-order valence-electron chi connectivity index (χ4n) is 3.33. The third kappa shape index (κ3) is 5.03. The molecule has 0 spiro atoms. The van der Waals surface area contributed by atoms with Crippen molar-refractivity contribution in [2.45, 2.75) is 13.8 Å². The van der Waals surface area contributed by atoms with Gasteiger partial charge in [0.2, 0.25) is 5.95 Å². The second-order valence-corrected chi connectivity index (χ2v) is 7.39. The van der Waals surface area contributed by atoms with Crippen LogP contribution in [0.4, 0.5) is 14.7 Å². The van der Waals surface area contributed by atoms with Crippen molar-refractivity contribution in [3.05, 3.63) is 77.8 Å². The summed E-state index contributed by atoms with van der Waals surface area (Å²) >= 11 is 0. The zero-order valence-electron chi connectivity index (χ0n) is 17.9. The van der Waals surface area contributed by atoms with Crippen molar-refractivity contribution in [2.24, 2.45) is 0 Å². The molecule has 32 heavy (non-hydrogen) atoms. The highest BCUT2D eigenvalue weighted by molar-refractivity contribution is 5.91. The number of nitrogens with zero attached hydrogens (tertiary/aromatic N) is 5. The number of hydrogen-bond acceptors (Lipinski definition) is 6. The number of aryl methyl sites for hydroxylation is 2. The number of halogens is 2. The summed E-state index contributed by atoms with van der Waals surface area (Å²) in [6.45, 7) is 6.32. The molecular formula is C24H23F2N5O. The van der Waals surface area contributed by atoms with E-state index in [0.29, 0.717) is 49.0 Å². The Hall–Kier alpha value is -3.52. The molecule has 1 fully saturated rings. The number of ether oxygens (including phenoxy) is 1. The number of anilines is 1. The summed E-state index contributed by atoms with van der Waals surface area (Å²) in [5, 5.41) is 0.633. The molecular weight excluding hydrogens is 412 g/mol. The normalized spacial score (nSPS) is 13.6. The molecule has 0 N–H and O–H groups in total. The minimum Gasteiger partial charge on any atom is -0.378 e. The lowest BCUT2D eigenvalue weighted by Crippen LogP contribution is -2.37. The number of hydrogen-bond donors (Lipinski definition) is 0. The molecule has 8 heteroatoms. The van der Waals surface area contributed by atoms with Crippen molar-refractivity contribution >= 4 is 17.0 Å². The van der Waals surface area contributed by atoms with E-state index in [1.54, 1.807) is 6.20 Å². The summed E-state index contributed by atoms with van der Waals surface area (Å²) in [7, 11) is 0. The molecule has 1 aliphatic heterocycles. The van der Waals surface area contributed by atoms with Gasteiger partial charge in [0.1, 0.15) is 11.6 Å². The highest BCUT2D eigenvalue weighted by atomic mass is 19.1. The van der Waals surface area contributed by atoms with Crippen molar-refractivity contribution in [1.29, 1.82) is 0 Å². The molecule has 4 aromatic rings. The monoisotopic (exact) mass is 435 g/mol. The Bertz CT molecular complexity index is 1210. The molecule has 0 unspecified atom stereocenters. The van der Waals surface area contributed by atoms with Gasteiger partial charge < -0.3 is 9.64 Å². The van der Waals surface area contributed by atoms with Crippen LogP contribution in [0.25, 0.3) is 22.3 Å². The lowest BCUT2D eigenvalue weighted by molar-refractivity contribution is 0.122. The number of benzene rings is 1. The standard InChI is InChI=1S/C18H16F2N4O.C6H7N/c1-11-2-4-14-16(13-5-3-12(19)10-15(13)20)22-18(23-17(14)21-11)24-6-8-25-9-7-24;1-6-4-2-3-5-7-6/h2-5,10H,6-9H2,1H3;2-5H,1H3. The molecule has 0 bridgehead atoms. The van der Waals surface area contributed by atoms with Crippen LogP contribution in [0.1, 0.15) is 11.4 Å². The summed E-state index contributed by atoms with van der Waals surface area (Å²) in [5.74, 6) is -0.803. The van der Waals surface area contributed by atoms with Crippen molar-refractivity contribution in [3.8, 4) is 11.3 Å². The third-order valence-electron chi connectivity index (χ3n) is 4.98. The summed E-state index contributed by atoms with van der Waals surface area (Å²) in [5.41, 5.74) is 3.02. The van der Waals surface area contributed by atoms with Crippen LogP contribution in [0.3, 0.4) is 0 Å². The van der Waals surface area contributed by atoms with Crippen LogP contribution < -0.4 is 4.90 Å². The molecule has 1 aliphatic rings. The smallest absolute Gasteiger partial charge is 0.228 e. The van der Waals surface area contributed by atoms with Crippen LogP contribution in [0.5, 0.6) is 0 Å². The van der Waals surface area contributed by atoms with Gasteiger partial charge in [-0.1, -0.05) is 6.07 Å². The van der Waals surface area contributed by atoms with E-state index in [4.69, 9.17) is 4.74 Å². The maximum Gasteiger partial charge on any atom is 0.228 e. The average molecular weight is 435 g/mol. The fraction of sp³-hybridized carbons (Fsp3) is 0.250. The molecule has 1 saturated heterocycles. The highest BCUT2D eigenvalue weighted by Gasteiger charge is 2.19. The first-order chi connectivity index (χ1) is 15.5. The lowest BCUT2D eigenvalue weighted by atomic mass is 10.1. The zero-order valence-corrected chi connectivity index (χ0v) is 17.9. The number of pyridine rings is 2. The molecule has 6 nitrogen and oxygen atoms in total. The largest absolute Gasteiger partial charge is 0.378 e. The Morgan fingerprint density at radius 2 is 1.69 bits per heavy atom. The lowest BCUT2D eigenvalue weighted by Gasteiger charge is -2.27. The molecule has 164 valence electrons. The third-order valence-corrected chi connectivity index (χ3v) is 4.98. The quantitative estimate of drug-likeness (QED) is 0.462. The van der Waals surface area contributed by atoms with Crippen LogP contribution in [0.2, 0.25) is 0 Å². The van der Waals surface area contributed by atoms with E-state index in [-0.39, 0.29) is 5.56 Å². The van der Waals surface area contributed by atoms with Crippen LogP contribution in [0.15, 0.2) is 54.7 Å². The van der Waals surface area contributed by atoms with Crippen LogP contribution in [0, 0.1) is 25.5 Å². The summed E-state index contributed by atoms with van der Waals surface area (Å²) in [4.78, 5) is 19.5. The summed E-state index contributed by atoms with van der Waals surface area (Å²) < 4.78 is 33.0. The van der Waals surface area contributed by atoms with E-state index in [2.05, 4.69) is 19.9 Å². The molecule has 0 atom stereocenters. The van der Waals surface area contributed by atoms with Gasteiger partial charge in [-0.05, 0) is 50.2 Å². The van der Waals surface area contributed by atoms with Crippen molar-refractivity contribution in [1.82, 2.24) is 19.9 Å². The van der Waals surface area contributed by atoms with Gasteiger partial charge in [-0.25, -0.2) is 18.7 Å². The fourth-order valence-corrected chi connectivity index (χ4v) is 3.33. The van der Waals surface area contributed by atoms with Crippen molar-refractivity contribution in [3.63, 3.8) is 0 Å². The number of morpholine rings is 1. The molecule has 1 aromatic carbocycles. The minimum atomic E-state index is -0.659. The predicted octanol–water partition coefficient (Wildman–Crippen LogP) is 4.51. The number of rotatable bonds is 2. The minimum absolute atomic E-state index is 0.231.